The standard InChI is InChI=1S/C18H20N2O4/c1-19(9-15-7-8-23-11-15)18(22)16-12-24-13-17(21)20(16)10-14-5-3-2-4-6-14/h2-8,11,16H,9-10,12-13H2,1H3. The predicted octanol–water partition coefficient (Wildman–Crippen LogP) is 1.67. The average Bonchev–Trinajstić information content (AvgIpc) is 3.10. The lowest BCUT2D eigenvalue weighted by Gasteiger charge is -2.36. The molecule has 1 aliphatic rings. The summed E-state index contributed by atoms with van der Waals surface area (Å²) in [7, 11) is 1.72. The van der Waals surface area contributed by atoms with Crippen molar-refractivity contribution in [3.8, 4) is 0 Å². The third-order valence-electron chi connectivity index (χ3n) is 4.05. The van der Waals surface area contributed by atoms with Crippen LogP contribution in [0.15, 0.2) is 53.3 Å². The Kier molecular flexibility index (Phi) is 4.96. The van der Waals surface area contributed by atoms with Gasteiger partial charge in [-0.1, -0.05) is 30.3 Å². The average molecular weight is 328 g/mol. The van der Waals surface area contributed by atoms with E-state index in [1.807, 2.05) is 36.4 Å². The Morgan fingerprint density at radius 2 is 2.04 bits per heavy atom. The van der Waals surface area contributed by atoms with Gasteiger partial charge in [0.1, 0.15) is 12.6 Å². The molecule has 0 radical (unpaired) electrons. The summed E-state index contributed by atoms with van der Waals surface area (Å²) in [5.41, 5.74) is 1.89. The van der Waals surface area contributed by atoms with Crippen molar-refractivity contribution in [1.29, 1.82) is 0 Å². The SMILES string of the molecule is CN(Cc1ccoc1)C(=O)C1COCC(=O)N1Cc1ccccc1. The number of hydrogen-bond donors (Lipinski definition) is 0. The van der Waals surface area contributed by atoms with Gasteiger partial charge in [-0.3, -0.25) is 9.59 Å². The first kappa shape index (κ1) is 16.3. The van der Waals surface area contributed by atoms with Crippen LogP contribution >= 0.6 is 0 Å². The molecule has 1 unspecified atom stereocenters. The number of furan rings is 1. The van der Waals surface area contributed by atoms with Crippen LogP contribution in [0, 0.1) is 0 Å². The van der Waals surface area contributed by atoms with Gasteiger partial charge in [-0.2, -0.15) is 0 Å². The van der Waals surface area contributed by atoms with Gasteiger partial charge in [0, 0.05) is 25.7 Å². The molecular weight excluding hydrogens is 308 g/mol. The lowest BCUT2D eigenvalue weighted by Crippen LogP contribution is -2.56. The minimum atomic E-state index is -0.608. The Bertz CT molecular complexity index is 684. The van der Waals surface area contributed by atoms with Crippen LogP contribution in [0.5, 0.6) is 0 Å². The van der Waals surface area contributed by atoms with E-state index in [9.17, 15) is 9.59 Å². The van der Waals surface area contributed by atoms with Crippen molar-refractivity contribution in [3.63, 3.8) is 0 Å². The van der Waals surface area contributed by atoms with Gasteiger partial charge in [0.2, 0.25) is 11.8 Å². The molecule has 0 spiro atoms. The number of rotatable bonds is 5. The minimum Gasteiger partial charge on any atom is -0.472 e. The Balaban J connectivity index is 1.73. The van der Waals surface area contributed by atoms with E-state index in [0.29, 0.717) is 13.1 Å². The molecule has 0 aliphatic carbocycles. The molecule has 1 fully saturated rings. The monoisotopic (exact) mass is 328 g/mol. The maximum absolute atomic E-state index is 12.8. The second-order valence-electron chi connectivity index (χ2n) is 5.86. The molecule has 1 aromatic heterocycles. The van der Waals surface area contributed by atoms with Crippen LogP contribution in [0.3, 0.4) is 0 Å². The Morgan fingerprint density at radius 3 is 2.75 bits per heavy atom. The second kappa shape index (κ2) is 7.31. The van der Waals surface area contributed by atoms with Gasteiger partial charge in [0.25, 0.3) is 0 Å². The first-order valence-corrected chi connectivity index (χ1v) is 7.82. The van der Waals surface area contributed by atoms with Crippen molar-refractivity contribution in [2.45, 2.75) is 19.1 Å². The Labute approximate surface area is 140 Å². The van der Waals surface area contributed by atoms with Crippen molar-refractivity contribution in [2.75, 3.05) is 20.3 Å². The molecule has 6 heteroatoms. The summed E-state index contributed by atoms with van der Waals surface area (Å²) in [6.45, 7) is 1.06. The molecule has 0 saturated carbocycles. The highest BCUT2D eigenvalue weighted by Crippen LogP contribution is 2.16. The van der Waals surface area contributed by atoms with Crippen molar-refractivity contribution in [1.82, 2.24) is 9.80 Å². The van der Waals surface area contributed by atoms with Crippen LogP contribution in [0.25, 0.3) is 0 Å². The maximum atomic E-state index is 12.8. The molecule has 0 N–H and O–H groups in total. The number of amides is 2. The predicted molar refractivity (Wildman–Crippen MR) is 86.8 cm³/mol. The van der Waals surface area contributed by atoms with Crippen LogP contribution < -0.4 is 0 Å². The fraction of sp³-hybridized carbons (Fsp3) is 0.333. The number of benzene rings is 1. The third-order valence-corrected chi connectivity index (χ3v) is 4.05. The number of hydrogen-bond acceptors (Lipinski definition) is 4. The van der Waals surface area contributed by atoms with Gasteiger partial charge >= 0.3 is 0 Å². The van der Waals surface area contributed by atoms with E-state index in [2.05, 4.69) is 0 Å². The molecule has 1 saturated heterocycles. The van der Waals surface area contributed by atoms with Crippen LogP contribution in [0.2, 0.25) is 0 Å². The largest absolute Gasteiger partial charge is 0.472 e. The first-order valence-electron chi connectivity index (χ1n) is 7.82. The van der Waals surface area contributed by atoms with Crippen LogP contribution in [-0.2, 0) is 27.4 Å². The highest BCUT2D eigenvalue weighted by Gasteiger charge is 2.35. The summed E-state index contributed by atoms with van der Waals surface area (Å²) in [5, 5.41) is 0. The third kappa shape index (κ3) is 3.65. The van der Waals surface area contributed by atoms with Gasteiger partial charge in [0.05, 0.1) is 19.1 Å². The molecule has 0 bridgehead atoms. The molecule has 2 amide bonds. The lowest BCUT2D eigenvalue weighted by molar-refractivity contribution is -0.159. The van der Waals surface area contributed by atoms with E-state index in [0.717, 1.165) is 11.1 Å². The Hall–Kier alpha value is -2.60. The molecule has 126 valence electrons. The normalized spacial score (nSPS) is 17.8. The van der Waals surface area contributed by atoms with E-state index in [-0.39, 0.29) is 25.0 Å². The molecule has 1 aliphatic heterocycles. The van der Waals surface area contributed by atoms with Gasteiger partial charge in [-0.05, 0) is 11.6 Å². The van der Waals surface area contributed by atoms with Crippen molar-refractivity contribution < 1.29 is 18.7 Å². The number of morpholine rings is 1. The summed E-state index contributed by atoms with van der Waals surface area (Å²) in [6.07, 6.45) is 3.18. The van der Waals surface area contributed by atoms with E-state index < -0.39 is 6.04 Å². The van der Waals surface area contributed by atoms with E-state index >= 15 is 0 Å². The highest BCUT2D eigenvalue weighted by atomic mass is 16.5. The van der Waals surface area contributed by atoms with Gasteiger partial charge in [-0.15, -0.1) is 0 Å². The maximum Gasteiger partial charge on any atom is 0.249 e. The van der Waals surface area contributed by atoms with Gasteiger partial charge in [0.15, 0.2) is 0 Å². The summed E-state index contributed by atoms with van der Waals surface area (Å²) >= 11 is 0. The van der Waals surface area contributed by atoms with Crippen LogP contribution in [0.4, 0.5) is 0 Å². The van der Waals surface area contributed by atoms with E-state index in [1.165, 1.54) is 0 Å². The molecule has 1 atom stereocenters. The van der Waals surface area contributed by atoms with E-state index in [4.69, 9.17) is 9.15 Å². The zero-order valence-corrected chi connectivity index (χ0v) is 13.6. The van der Waals surface area contributed by atoms with E-state index in [1.54, 1.807) is 29.4 Å². The molecule has 24 heavy (non-hydrogen) atoms. The number of nitrogens with zero attached hydrogens (tertiary/aromatic N) is 2. The second-order valence-corrected chi connectivity index (χ2v) is 5.86. The molecule has 2 aromatic rings. The number of carbonyl (C=O) groups excluding carboxylic acids is 2. The quantitative estimate of drug-likeness (QED) is 0.837. The van der Waals surface area contributed by atoms with Gasteiger partial charge in [-0.25, -0.2) is 0 Å². The summed E-state index contributed by atoms with van der Waals surface area (Å²) < 4.78 is 10.3. The van der Waals surface area contributed by atoms with Crippen molar-refractivity contribution >= 4 is 11.8 Å². The molecule has 1 aromatic carbocycles. The fourth-order valence-corrected chi connectivity index (χ4v) is 2.78. The van der Waals surface area contributed by atoms with Crippen molar-refractivity contribution in [3.05, 3.63) is 60.1 Å². The lowest BCUT2D eigenvalue weighted by atomic mass is 10.1. The van der Waals surface area contributed by atoms with Crippen molar-refractivity contribution in [2.24, 2.45) is 0 Å². The fourth-order valence-electron chi connectivity index (χ4n) is 2.78. The molecule has 2 heterocycles. The highest BCUT2D eigenvalue weighted by molar-refractivity contribution is 5.89. The van der Waals surface area contributed by atoms with Crippen LogP contribution in [-0.4, -0.2) is 47.9 Å². The topological polar surface area (TPSA) is 63.0 Å². The molecule has 3 rings (SSSR count). The zero-order valence-electron chi connectivity index (χ0n) is 13.6. The number of ether oxygens (including phenoxy) is 1. The minimum absolute atomic E-state index is 0.0159. The zero-order chi connectivity index (χ0) is 16.9. The van der Waals surface area contributed by atoms with Gasteiger partial charge < -0.3 is 19.0 Å². The molecular formula is C18H20N2O4. The Morgan fingerprint density at radius 1 is 1.25 bits per heavy atom. The smallest absolute Gasteiger partial charge is 0.249 e. The number of carbonyl (C=O) groups is 2. The molecule has 6 nitrogen and oxygen atoms in total. The number of likely N-dealkylation sites (N-methyl/N-ethyl adjacent to an activating group) is 1. The van der Waals surface area contributed by atoms with Crippen LogP contribution in [0.1, 0.15) is 11.1 Å². The first-order chi connectivity index (χ1) is 11.6. The summed E-state index contributed by atoms with van der Waals surface area (Å²) in [6, 6.07) is 10.9. The summed E-state index contributed by atoms with van der Waals surface area (Å²) in [4.78, 5) is 28.3. The summed E-state index contributed by atoms with van der Waals surface area (Å²) in [5.74, 6) is -0.305.